The van der Waals surface area contributed by atoms with Crippen LogP contribution in [0.3, 0.4) is 0 Å². The highest BCUT2D eigenvalue weighted by Crippen LogP contribution is 2.23. The average Bonchev–Trinajstić information content (AvgIpc) is 3.14. The van der Waals surface area contributed by atoms with Crippen LogP contribution < -0.4 is 0 Å². The Hall–Kier alpha value is -1.81. The fraction of sp³-hybridized carbons (Fsp3) is 0.526. The van der Waals surface area contributed by atoms with E-state index in [-0.39, 0.29) is 0 Å². The number of hydrogen-bond acceptors (Lipinski definition) is 2. The predicted molar refractivity (Wildman–Crippen MR) is 92.4 cm³/mol. The minimum atomic E-state index is 0.323. The number of aryl methyl sites for hydroxylation is 1. The molecule has 122 valence electrons. The molecule has 23 heavy (non-hydrogen) atoms. The van der Waals surface area contributed by atoms with Crippen molar-refractivity contribution in [3.8, 4) is 0 Å². The molecule has 2 aromatic rings. The number of rotatable bonds is 3. The first-order valence-corrected chi connectivity index (χ1v) is 8.88. The van der Waals surface area contributed by atoms with E-state index in [2.05, 4.69) is 39.2 Å². The summed E-state index contributed by atoms with van der Waals surface area (Å²) in [4.78, 5) is 20.7. The molecule has 0 aliphatic carbocycles. The number of hydrogen-bond donors (Lipinski definition) is 1. The zero-order valence-electron chi connectivity index (χ0n) is 13.6. The summed E-state index contributed by atoms with van der Waals surface area (Å²) in [6.45, 7) is 4.26. The van der Waals surface area contributed by atoms with Crippen LogP contribution in [0.1, 0.15) is 31.2 Å². The molecule has 0 bridgehead atoms. The molecule has 1 aromatic heterocycles. The maximum atomic E-state index is 12.7. The standard InChI is InChI=1S/C19H25N3O/c23-19(22-12-4-11-21-10-3-5-16(21)14-22)9-8-15-13-20-18-7-2-1-6-17(15)18/h1-2,6-7,13,16,20H,3-5,8-12,14H2. The molecular formula is C19H25N3O. The van der Waals surface area contributed by atoms with Gasteiger partial charge in [0.1, 0.15) is 0 Å². The Morgan fingerprint density at radius 3 is 3.00 bits per heavy atom. The zero-order valence-corrected chi connectivity index (χ0v) is 13.6. The van der Waals surface area contributed by atoms with Crippen LogP contribution >= 0.6 is 0 Å². The second-order valence-electron chi connectivity index (χ2n) is 6.88. The highest BCUT2D eigenvalue weighted by atomic mass is 16.2. The SMILES string of the molecule is O=C(CCc1c[nH]c2ccccc12)N1CCCN2CCCC2C1. The van der Waals surface area contributed by atoms with Gasteiger partial charge in [0.2, 0.25) is 5.91 Å². The summed E-state index contributed by atoms with van der Waals surface area (Å²) in [5.74, 6) is 0.323. The maximum absolute atomic E-state index is 12.7. The molecule has 2 fully saturated rings. The summed E-state index contributed by atoms with van der Waals surface area (Å²) < 4.78 is 0. The number of fused-ring (bicyclic) bond motifs is 2. The summed E-state index contributed by atoms with van der Waals surface area (Å²) in [7, 11) is 0. The van der Waals surface area contributed by atoms with Crippen LogP contribution in [0.15, 0.2) is 30.5 Å². The van der Waals surface area contributed by atoms with Gasteiger partial charge >= 0.3 is 0 Å². The van der Waals surface area contributed by atoms with Crippen molar-refractivity contribution < 1.29 is 4.79 Å². The topological polar surface area (TPSA) is 39.3 Å². The molecule has 2 saturated heterocycles. The highest BCUT2D eigenvalue weighted by molar-refractivity contribution is 5.84. The molecule has 0 radical (unpaired) electrons. The van der Waals surface area contributed by atoms with Gasteiger partial charge in [-0.05, 0) is 43.9 Å². The first-order chi connectivity index (χ1) is 11.3. The lowest BCUT2D eigenvalue weighted by molar-refractivity contribution is -0.131. The van der Waals surface area contributed by atoms with E-state index in [9.17, 15) is 4.79 Å². The van der Waals surface area contributed by atoms with Gasteiger partial charge in [0, 0.05) is 49.2 Å². The lowest BCUT2D eigenvalue weighted by Crippen LogP contribution is -2.39. The number of nitrogens with zero attached hydrogens (tertiary/aromatic N) is 2. The van der Waals surface area contributed by atoms with Crippen molar-refractivity contribution in [2.24, 2.45) is 0 Å². The molecule has 2 aliphatic heterocycles. The minimum absolute atomic E-state index is 0.323. The molecule has 1 unspecified atom stereocenters. The largest absolute Gasteiger partial charge is 0.361 e. The number of para-hydroxylation sites is 1. The Bertz CT molecular complexity index is 693. The average molecular weight is 311 g/mol. The van der Waals surface area contributed by atoms with E-state index in [1.807, 2.05) is 6.07 Å². The molecule has 4 rings (SSSR count). The lowest BCUT2D eigenvalue weighted by atomic mass is 10.1. The summed E-state index contributed by atoms with van der Waals surface area (Å²) in [6, 6.07) is 8.93. The lowest BCUT2D eigenvalue weighted by Gasteiger charge is -2.25. The number of aromatic amines is 1. The number of carbonyl (C=O) groups excluding carboxylic acids is 1. The van der Waals surface area contributed by atoms with Gasteiger partial charge in [0.05, 0.1) is 0 Å². The van der Waals surface area contributed by atoms with Crippen molar-refractivity contribution in [3.05, 3.63) is 36.0 Å². The number of nitrogens with one attached hydrogen (secondary N) is 1. The van der Waals surface area contributed by atoms with Crippen molar-refractivity contribution in [3.63, 3.8) is 0 Å². The van der Waals surface area contributed by atoms with Crippen molar-refractivity contribution in [1.82, 2.24) is 14.8 Å². The smallest absolute Gasteiger partial charge is 0.222 e. The van der Waals surface area contributed by atoms with E-state index in [4.69, 9.17) is 0 Å². The first-order valence-electron chi connectivity index (χ1n) is 8.88. The van der Waals surface area contributed by atoms with Gasteiger partial charge in [-0.15, -0.1) is 0 Å². The fourth-order valence-corrected chi connectivity index (χ4v) is 4.17. The van der Waals surface area contributed by atoms with Gasteiger partial charge in [0.15, 0.2) is 0 Å². The Morgan fingerprint density at radius 1 is 1.17 bits per heavy atom. The monoisotopic (exact) mass is 311 g/mol. The van der Waals surface area contributed by atoms with E-state index in [0.717, 1.165) is 38.0 Å². The molecule has 1 amide bonds. The summed E-state index contributed by atoms with van der Waals surface area (Å²) >= 11 is 0. The predicted octanol–water partition coefficient (Wildman–Crippen LogP) is 2.80. The Balaban J connectivity index is 1.39. The molecule has 0 saturated carbocycles. The third-order valence-corrected chi connectivity index (χ3v) is 5.44. The third kappa shape index (κ3) is 3.00. The second kappa shape index (κ2) is 6.36. The van der Waals surface area contributed by atoms with Crippen molar-refractivity contribution in [2.75, 3.05) is 26.2 Å². The molecule has 4 heteroatoms. The molecule has 3 heterocycles. The van der Waals surface area contributed by atoms with Crippen LogP contribution in [0, 0.1) is 0 Å². The molecule has 1 aromatic carbocycles. The summed E-state index contributed by atoms with van der Waals surface area (Å²) in [5, 5.41) is 1.25. The number of carbonyl (C=O) groups is 1. The Labute approximate surface area is 137 Å². The number of amides is 1. The van der Waals surface area contributed by atoms with Gasteiger partial charge in [0.25, 0.3) is 0 Å². The van der Waals surface area contributed by atoms with E-state index in [1.54, 1.807) is 0 Å². The third-order valence-electron chi connectivity index (χ3n) is 5.44. The highest BCUT2D eigenvalue weighted by Gasteiger charge is 2.30. The fourth-order valence-electron chi connectivity index (χ4n) is 4.17. The number of aromatic nitrogens is 1. The van der Waals surface area contributed by atoms with Crippen LogP contribution in [0.4, 0.5) is 0 Å². The molecule has 0 spiro atoms. The first kappa shape index (κ1) is 14.8. The minimum Gasteiger partial charge on any atom is -0.361 e. The van der Waals surface area contributed by atoms with E-state index in [1.165, 1.54) is 30.3 Å². The summed E-state index contributed by atoms with van der Waals surface area (Å²) in [6.07, 6.45) is 7.17. The second-order valence-corrected chi connectivity index (χ2v) is 6.88. The normalized spacial score (nSPS) is 22.3. The van der Waals surface area contributed by atoms with Gasteiger partial charge in [-0.1, -0.05) is 18.2 Å². The molecule has 1 atom stereocenters. The van der Waals surface area contributed by atoms with E-state index < -0.39 is 0 Å². The van der Waals surface area contributed by atoms with Crippen LogP contribution in [-0.4, -0.2) is 52.9 Å². The van der Waals surface area contributed by atoms with Crippen molar-refractivity contribution in [2.45, 2.75) is 38.1 Å². The van der Waals surface area contributed by atoms with Gasteiger partial charge in [-0.3, -0.25) is 9.69 Å². The van der Waals surface area contributed by atoms with Crippen LogP contribution in [0.25, 0.3) is 10.9 Å². The summed E-state index contributed by atoms with van der Waals surface area (Å²) in [5.41, 5.74) is 2.41. The van der Waals surface area contributed by atoms with Crippen LogP contribution in [-0.2, 0) is 11.2 Å². The van der Waals surface area contributed by atoms with Crippen LogP contribution in [0.5, 0.6) is 0 Å². The maximum Gasteiger partial charge on any atom is 0.222 e. The molecular weight excluding hydrogens is 286 g/mol. The molecule has 2 aliphatic rings. The van der Waals surface area contributed by atoms with Crippen molar-refractivity contribution in [1.29, 1.82) is 0 Å². The van der Waals surface area contributed by atoms with Gasteiger partial charge in [-0.2, -0.15) is 0 Å². The zero-order chi connectivity index (χ0) is 15.6. The molecule has 1 N–H and O–H groups in total. The number of benzene rings is 1. The van der Waals surface area contributed by atoms with E-state index >= 15 is 0 Å². The molecule has 4 nitrogen and oxygen atoms in total. The quantitative estimate of drug-likeness (QED) is 0.947. The van der Waals surface area contributed by atoms with Gasteiger partial charge in [-0.25, -0.2) is 0 Å². The number of H-pyrrole nitrogens is 1. The van der Waals surface area contributed by atoms with Gasteiger partial charge < -0.3 is 9.88 Å². The Kier molecular flexibility index (Phi) is 4.08. The Morgan fingerprint density at radius 2 is 2.04 bits per heavy atom. The van der Waals surface area contributed by atoms with E-state index in [0.29, 0.717) is 18.4 Å². The van der Waals surface area contributed by atoms with Crippen molar-refractivity contribution >= 4 is 16.8 Å². The van der Waals surface area contributed by atoms with Crippen LogP contribution in [0.2, 0.25) is 0 Å².